The van der Waals surface area contributed by atoms with Crippen molar-refractivity contribution in [1.82, 2.24) is 5.32 Å². The Morgan fingerprint density at radius 1 is 1.44 bits per heavy atom. The van der Waals surface area contributed by atoms with E-state index in [1.54, 1.807) is 18.2 Å². The van der Waals surface area contributed by atoms with Gasteiger partial charge in [0.2, 0.25) is 0 Å². The van der Waals surface area contributed by atoms with Crippen LogP contribution in [0, 0.1) is 0 Å². The summed E-state index contributed by atoms with van der Waals surface area (Å²) in [5.41, 5.74) is 0.480. The van der Waals surface area contributed by atoms with E-state index in [1.807, 2.05) is 6.92 Å². The Kier molecular flexibility index (Phi) is 5.52. The highest BCUT2D eigenvalue weighted by Gasteiger charge is 2.10. The summed E-state index contributed by atoms with van der Waals surface area (Å²) in [6.45, 7) is 6.15. The summed E-state index contributed by atoms with van der Waals surface area (Å²) >= 11 is 5.58. The number of hydrogen-bond acceptors (Lipinski definition) is 3. The zero-order chi connectivity index (χ0) is 13.5. The predicted molar refractivity (Wildman–Crippen MR) is 71.5 cm³/mol. The molecule has 0 aliphatic carbocycles. The highest BCUT2D eigenvalue weighted by molar-refractivity contribution is 6.29. The average molecular weight is 270 g/mol. The fourth-order valence-corrected chi connectivity index (χ4v) is 1.43. The zero-order valence-electron chi connectivity index (χ0n) is 10.5. The summed E-state index contributed by atoms with van der Waals surface area (Å²) in [6, 6.07) is 4.99. The van der Waals surface area contributed by atoms with Crippen LogP contribution in [0.2, 0.25) is 0 Å². The molecule has 1 aromatic carbocycles. The lowest BCUT2D eigenvalue weighted by molar-refractivity contribution is 0.0957. The molecule has 98 valence electrons. The number of hydrogen-bond donors (Lipinski definition) is 1. The van der Waals surface area contributed by atoms with E-state index >= 15 is 0 Å². The lowest BCUT2D eigenvalue weighted by Gasteiger charge is -2.11. The summed E-state index contributed by atoms with van der Waals surface area (Å²) < 4.78 is 10.5. The van der Waals surface area contributed by atoms with Gasteiger partial charge in [-0.2, -0.15) is 0 Å². The maximum Gasteiger partial charge on any atom is 0.251 e. The second kappa shape index (κ2) is 6.91. The molecular formula is C13H16ClNO3. The molecule has 0 aromatic heterocycles. The molecule has 0 aliphatic heterocycles. The van der Waals surface area contributed by atoms with Crippen LogP contribution in [0.25, 0.3) is 0 Å². The van der Waals surface area contributed by atoms with Crippen LogP contribution >= 0.6 is 11.6 Å². The van der Waals surface area contributed by atoms with E-state index in [9.17, 15) is 4.79 Å². The molecule has 1 aromatic rings. The van der Waals surface area contributed by atoms with Gasteiger partial charge >= 0.3 is 0 Å². The Morgan fingerprint density at radius 3 is 2.72 bits per heavy atom. The molecule has 0 spiro atoms. The van der Waals surface area contributed by atoms with E-state index in [-0.39, 0.29) is 12.5 Å². The Hall–Kier alpha value is -1.68. The zero-order valence-corrected chi connectivity index (χ0v) is 11.2. The molecule has 1 amide bonds. The smallest absolute Gasteiger partial charge is 0.251 e. The fourth-order valence-electron chi connectivity index (χ4n) is 1.36. The van der Waals surface area contributed by atoms with Crippen LogP contribution < -0.4 is 14.8 Å². The Balaban J connectivity index is 2.84. The van der Waals surface area contributed by atoms with Crippen molar-refractivity contribution in [2.75, 3.05) is 20.3 Å². The molecule has 0 aliphatic rings. The monoisotopic (exact) mass is 269 g/mol. The van der Waals surface area contributed by atoms with Crippen molar-refractivity contribution < 1.29 is 14.3 Å². The van der Waals surface area contributed by atoms with Crippen molar-refractivity contribution in [1.29, 1.82) is 0 Å². The number of carbonyl (C=O) groups is 1. The fraction of sp³-hybridized carbons (Fsp3) is 0.308. The van der Waals surface area contributed by atoms with Crippen molar-refractivity contribution in [2.24, 2.45) is 0 Å². The Labute approximate surface area is 112 Å². The van der Waals surface area contributed by atoms with Gasteiger partial charge in [-0.3, -0.25) is 4.79 Å². The van der Waals surface area contributed by atoms with Gasteiger partial charge in [0.25, 0.3) is 5.91 Å². The first kappa shape index (κ1) is 14.4. The highest BCUT2D eigenvalue weighted by atomic mass is 35.5. The van der Waals surface area contributed by atoms with Gasteiger partial charge in [0, 0.05) is 10.6 Å². The molecule has 0 unspecified atom stereocenters. The first-order chi connectivity index (χ1) is 8.58. The third-order valence-corrected chi connectivity index (χ3v) is 2.30. The Bertz CT molecular complexity index is 446. The number of rotatable bonds is 6. The lowest BCUT2D eigenvalue weighted by atomic mass is 10.2. The van der Waals surface area contributed by atoms with Gasteiger partial charge in [-0.1, -0.05) is 18.2 Å². The maximum absolute atomic E-state index is 11.8. The summed E-state index contributed by atoms with van der Waals surface area (Å²) in [7, 11) is 1.53. The molecule has 0 bridgehead atoms. The van der Waals surface area contributed by atoms with E-state index in [2.05, 4.69) is 11.9 Å². The molecule has 0 saturated heterocycles. The number of amides is 1. The minimum atomic E-state index is -0.238. The van der Waals surface area contributed by atoms with Crippen LogP contribution in [0.3, 0.4) is 0 Å². The number of ether oxygens (including phenoxy) is 2. The van der Waals surface area contributed by atoms with Gasteiger partial charge in [-0.25, -0.2) is 0 Å². The minimum Gasteiger partial charge on any atom is -0.493 e. The molecule has 0 heterocycles. The molecule has 1 rings (SSSR count). The molecule has 0 radical (unpaired) electrons. The number of methoxy groups -OCH3 is 1. The molecule has 4 nitrogen and oxygen atoms in total. The molecule has 0 saturated carbocycles. The van der Waals surface area contributed by atoms with E-state index < -0.39 is 0 Å². The molecule has 0 fully saturated rings. The van der Waals surface area contributed by atoms with Gasteiger partial charge in [0.05, 0.1) is 20.3 Å². The van der Waals surface area contributed by atoms with Gasteiger partial charge < -0.3 is 14.8 Å². The average Bonchev–Trinajstić information content (AvgIpc) is 2.36. The van der Waals surface area contributed by atoms with E-state index in [0.717, 1.165) is 0 Å². The highest BCUT2D eigenvalue weighted by Crippen LogP contribution is 2.27. The third-order valence-electron chi connectivity index (χ3n) is 2.17. The predicted octanol–water partition coefficient (Wildman–Crippen LogP) is 2.58. The molecule has 0 atom stereocenters. The third kappa shape index (κ3) is 3.96. The van der Waals surface area contributed by atoms with Crippen molar-refractivity contribution in [3.63, 3.8) is 0 Å². The SMILES string of the molecule is C=C(Cl)CNC(=O)c1ccc(OCC)c(OC)c1. The Morgan fingerprint density at radius 2 is 2.17 bits per heavy atom. The van der Waals surface area contributed by atoms with Crippen molar-refractivity contribution in [3.05, 3.63) is 35.4 Å². The largest absolute Gasteiger partial charge is 0.493 e. The number of nitrogens with one attached hydrogen (secondary N) is 1. The lowest BCUT2D eigenvalue weighted by Crippen LogP contribution is -2.24. The summed E-state index contributed by atoms with van der Waals surface area (Å²) in [5.74, 6) is 0.894. The number of carbonyl (C=O) groups excluding carboxylic acids is 1. The van der Waals surface area contributed by atoms with Gasteiger partial charge in [-0.05, 0) is 25.1 Å². The van der Waals surface area contributed by atoms with Crippen molar-refractivity contribution in [2.45, 2.75) is 6.92 Å². The first-order valence-corrected chi connectivity index (χ1v) is 5.88. The minimum absolute atomic E-state index is 0.232. The van der Waals surface area contributed by atoms with Crippen molar-refractivity contribution in [3.8, 4) is 11.5 Å². The van der Waals surface area contributed by atoms with Crippen LogP contribution in [0.15, 0.2) is 29.8 Å². The van der Waals surface area contributed by atoms with Crippen molar-refractivity contribution >= 4 is 17.5 Å². The van der Waals surface area contributed by atoms with E-state index in [4.69, 9.17) is 21.1 Å². The first-order valence-electron chi connectivity index (χ1n) is 5.50. The quantitative estimate of drug-likeness (QED) is 0.863. The topological polar surface area (TPSA) is 47.6 Å². The summed E-state index contributed by atoms with van der Waals surface area (Å²) in [6.07, 6.45) is 0. The molecule has 1 N–H and O–H groups in total. The molecular weight excluding hydrogens is 254 g/mol. The number of halogens is 1. The maximum atomic E-state index is 11.8. The van der Waals surface area contributed by atoms with Gasteiger partial charge in [-0.15, -0.1) is 0 Å². The van der Waals surface area contributed by atoms with E-state index in [1.165, 1.54) is 7.11 Å². The molecule has 5 heteroatoms. The van der Waals surface area contributed by atoms with Crippen LogP contribution in [-0.2, 0) is 0 Å². The van der Waals surface area contributed by atoms with Gasteiger partial charge in [0.15, 0.2) is 11.5 Å². The van der Waals surface area contributed by atoms with Crippen LogP contribution in [0.4, 0.5) is 0 Å². The van der Waals surface area contributed by atoms with E-state index in [0.29, 0.717) is 28.7 Å². The van der Waals surface area contributed by atoms with Crippen LogP contribution in [0.5, 0.6) is 11.5 Å². The van der Waals surface area contributed by atoms with Gasteiger partial charge in [0.1, 0.15) is 0 Å². The number of benzene rings is 1. The summed E-state index contributed by atoms with van der Waals surface area (Å²) in [4.78, 5) is 11.8. The summed E-state index contributed by atoms with van der Waals surface area (Å²) in [5, 5.41) is 3.01. The second-order valence-electron chi connectivity index (χ2n) is 3.50. The normalized spacial score (nSPS) is 9.72. The second-order valence-corrected chi connectivity index (χ2v) is 4.03. The molecule has 18 heavy (non-hydrogen) atoms. The van der Waals surface area contributed by atoms with Crippen LogP contribution in [0.1, 0.15) is 17.3 Å². The van der Waals surface area contributed by atoms with Crippen LogP contribution in [-0.4, -0.2) is 26.2 Å². The standard InChI is InChI=1S/C13H16ClNO3/c1-4-18-11-6-5-10(7-12(11)17-3)13(16)15-8-9(2)14/h5-7H,2,4,8H2,1,3H3,(H,15,16).